The van der Waals surface area contributed by atoms with Crippen LogP contribution >= 0.6 is 34.5 Å². The molecule has 1 heterocycles. The van der Waals surface area contributed by atoms with Crippen molar-refractivity contribution in [3.05, 3.63) is 73.1 Å². The van der Waals surface area contributed by atoms with Crippen LogP contribution in [0.15, 0.2) is 47.6 Å². The molecule has 0 saturated heterocycles. The van der Waals surface area contributed by atoms with E-state index in [0.29, 0.717) is 15.5 Å². The summed E-state index contributed by atoms with van der Waals surface area (Å²) in [6.45, 7) is 0. The average Bonchev–Trinajstić information content (AvgIpc) is 2.93. The zero-order chi connectivity index (χ0) is 18.0. The molecule has 0 radical (unpaired) electrons. The molecule has 0 saturated carbocycles. The van der Waals surface area contributed by atoms with E-state index in [4.69, 9.17) is 23.2 Å². The van der Waals surface area contributed by atoms with Crippen LogP contribution in [-0.2, 0) is 0 Å². The summed E-state index contributed by atoms with van der Waals surface area (Å²) in [6, 6.07) is 11.3. The first-order chi connectivity index (χ1) is 12.0. The van der Waals surface area contributed by atoms with Crippen molar-refractivity contribution in [3.63, 3.8) is 0 Å². The quantitative estimate of drug-likeness (QED) is 0.389. The first-order valence-electron chi connectivity index (χ1n) is 6.91. The lowest BCUT2D eigenvalue weighted by atomic mass is 10.2. The van der Waals surface area contributed by atoms with Crippen LogP contribution in [0, 0.1) is 10.1 Å². The molecule has 0 unspecified atom stereocenters. The molecule has 1 aromatic heterocycles. The van der Waals surface area contributed by atoms with E-state index in [9.17, 15) is 14.9 Å². The number of hydrogen-bond donors (Lipinski definition) is 1. The fourth-order valence-corrected chi connectivity index (χ4v) is 3.69. The number of nitrogens with one attached hydrogen (secondary N) is 1. The van der Waals surface area contributed by atoms with E-state index in [1.807, 2.05) is 24.3 Å². The summed E-state index contributed by atoms with van der Waals surface area (Å²) < 4.78 is 0.892. The molecule has 25 heavy (non-hydrogen) atoms. The minimum atomic E-state index is -0.538. The molecule has 1 amide bonds. The zero-order valence-corrected chi connectivity index (χ0v) is 14.7. The second kappa shape index (κ2) is 7.18. The van der Waals surface area contributed by atoms with Crippen LogP contribution in [0.25, 0.3) is 10.1 Å². The number of carbonyl (C=O) groups excluding carboxylic acids is 1. The van der Waals surface area contributed by atoms with Gasteiger partial charge in [0.2, 0.25) is 0 Å². The molecule has 0 aliphatic carbocycles. The van der Waals surface area contributed by atoms with Crippen molar-refractivity contribution in [1.82, 2.24) is 5.43 Å². The Morgan fingerprint density at radius 2 is 2.00 bits per heavy atom. The van der Waals surface area contributed by atoms with Crippen LogP contribution < -0.4 is 5.43 Å². The second-order valence-corrected chi connectivity index (χ2v) is 6.74. The lowest BCUT2D eigenvalue weighted by Gasteiger charge is -1.99. The molecule has 9 heteroatoms. The number of rotatable bonds is 4. The van der Waals surface area contributed by atoms with Gasteiger partial charge in [0, 0.05) is 32.8 Å². The lowest BCUT2D eigenvalue weighted by Crippen LogP contribution is -2.16. The van der Waals surface area contributed by atoms with Crippen LogP contribution in [0.1, 0.15) is 15.2 Å². The summed E-state index contributed by atoms with van der Waals surface area (Å²) in [6.07, 6.45) is 1.24. The molecule has 0 bridgehead atoms. The molecule has 1 N–H and O–H groups in total. The molecule has 0 fully saturated rings. The van der Waals surface area contributed by atoms with E-state index >= 15 is 0 Å². The number of benzene rings is 2. The number of amides is 1. The minimum absolute atomic E-state index is 0.121. The SMILES string of the molecule is O=C(N/N=C/c1cc([N+](=O)[O-])ccc1Cl)c1sc2ccccc2c1Cl. The van der Waals surface area contributed by atoms with Gasteiger partial charge in [-0.3, -0.25) is 14.9 Å². The van der Waals surface area contributed by atoms with Gasteiger partial charge >= 0.3 is 0 Å². The van der Waals surface area contributed by atoms with Gasteiger partial charge in [0.05, 0.1) is 16.2 Å². The van der Waals surface area contributed by atoms with Crippen molar-refractivity contribution < 1.29 is 9.72 Å². The molecule has 6 nitrogen and oxygen atoms in total. The standard InChI is InChI=1S/C16H9Cl2N3O3S/c17-12-6-5-10(21(23)24)7-9(12)8-19-20-16(22)15-14(18)11-3-1-2-4-13(11)25-15/h1-8H,(H,20,22)/b19-8+. The Balaban J connectivity index is 1.80. The predicted octanol–water partition coefficient (Wildman–Crippen LogP) is 4.88. The largest absolute Gasteiger partial charge is 0.283 e. The molecule has 3 aromatic rings. The van der Waals surface area contributed by atoms with Crippen LogP contribution in [0.5, 0.6) is 0 Å². The van der Waals surface area contributed by atoms with Gasteiger partial charge in [-0.05, 0) is 12.1 Å². The molecule has 2 aromatic carbocycles. The summed E-state index contributed by atoms with van der Waals surface area (Å²) in [5.74, 6) is -0.469. The minimum Gasteiger partial charge on any atom is -0.266 e. The van der Waals surface area contributed by atoms with E-state index in [-0.39, 0.29) is 10.7 Å². The van der Waals surface area contributed by atoms with Gasteiger partial charge in [0.15, 0.2) is 0 Å². The Labute approximate surface area is 155 Å². The molecule has 0 spiro atoms. The highest BCUT2D eigenvalue weighted by atomic mass is 35.5. The maximum Gasteiger partial charge on any atom is 0.283 e. The number of nitrogens with zero attached hydrogens (tertiary/aromatic N) is 2. The first-order valence-corrected chi connectivity index (χ1v) is 8.49. The van der Waals surface area contributed by atoms with E-state index < -0.39 is 10.8 Å². The van der Waals surface area contributed by atoms with Crippen molar-refractivity contribution >= 4 is 62.4 Å². The Bertz CT molecular complexity index is 1020. The summed E-state index contributed by atoms with van der Waals surface area (Å²) in [5.41, 5.74) is 2.55. The van der Waals surface area contributed by atoms with Crippen LogP contribution in [0.3, 0.4) is 0 Å². The van der Waals surface area contributed by atoms with Gasteiger partial charge in [-0.1, -0.05) is 41.4 Å². The maximum atomic E-state index is 12.2. The van der Waals surface area contributed by atoms with Crippen molar-refractivity contribution in [2.45, 2.75) is 0 Å². The summed E-state index contributed by atoms with van der Waals surface area (Å²) in [7, 11) is 0. The lowest BCUT2D eigenvalue weighted by molar-refractivity contribution is -0.384. The van der Waals surface area contributed by atoms with Crippen molar-refractivity contribution in [3.8, 4) is 0 Å². The summed E-state index contributed by atoms with van der Waals surface area (Å²) >= 11 is 13.5. The number of non-ortho nitro benzene ring substituents is 1. The normalized spacial score (nSPS) is 11.1. The van der Waals surface area contributed by atoms with Gasteiger partial charge in [0.1, 0.15) is 4.88 Å². The Hall–Kier alpha value is -2.48. The van der Waals surface area contributed by atoms with Crippen molar-refractivity contribution in [2.24, 2.45) is 5.10 Å². The van der Waals surface area contributed by atoms with Crippen molar-refractivity contribution in [1.29, 1.82) is 0 Å². The van der Waals surface area contributed by atoms with Crippen LogP contribution in [-0.4, -0.2) is 17.0 Å². The first kappa shape index (κ1) is 17.3. The number of halogens is 2. The van der Waals surface area contributed by atoms with Gasteiger partial charge in [-0.25, -0.2) is 5.43 Å². The highest BCUT2D eigenvalue weighted by Crippen LogP contribution is 2.34. The van der Waals surface area contributed by atoms with E-state index in [0.717, 1.165) is 10.1 Å². The zero-order valence-electron chi connectivity index (χ0n) is 12.4. The molecule has 0 aliphatic rings. The summed E-state index contributed by atoms with van der Waals surface area (Å²) in [5, 5.41) is 16.0. The number of hydrogen-bond acceptors (Lipinski definition) is 5. The maximum absolute atomic E-state index is 12.2. The fraction of sp³-hybridized carbons (Fsp3) is 0. The van der Waals surface area contributed by atoms with E-state index in [2.05, 4.69) is 10.5 Å². The second-order valence-electron chi connectivity index (χ2n) is 4.90. The number of hydrazone groups is 1. The monoisotopic (exact) mass is 393 g/mol. The third-order valence-corrected chi connectivity index (χ3v) is 5.32. The van der Waals surface area contributed by atoms with Crippen LogP contribution in [0.2, 0.25) is 10.0 Å². The molecule has 0 aliphatic heterocycles. The number of fused-ring (bicyclic) bond motifs is 1. The Morgan fingerprint density at radius 1 is 1.24 bits per heavy atom. The highest BCUT2D eigenvalue weighted by Gasteiger charge is 2.16. The number of nitro groups is 1. The summed E-state index contributed by atoms with van der Waals surface area (Å²) in [4.78, 5) is 22.8. The molecule has 126 valence electrons. The number of nitro benzene ring substituents is 1. The molecule has 0 atom stereocenters. The average molecular weight is 394 g/mol. The molecular formula is C16H9Cl2N3O3S. The van der Waals surface area contributed by atoms with Crippen LogP contribution in [0.4, 0.5) is 5.69 Å². The van der Waals surface area contributed by atoms with Gasteiger partial charge in [-0.2, -0.15) is 5.10 Å². The Kier molecular flexibility index (Phi) is 4.98. The smallest absolute Gasteiger partial charge is 0.266 e. The third-order valence-electron chi connectivity index (χ3n) is 3.30. The Morgan fingerprint density at radius 3 is 2.72 bits per heavy atom. The fourth-order valence-electron chi connectivity index (χ4n) is 2.11. The highest BCUT2D eigenvalue weighted by molar-refractivity contribution is 7.21. The van der Waals surface area contributed by atoms with Gasteiger partial charge in [-0.15, -0.1) is 11.3 Å². The molecular weight excluding hydrogens is 385 g/mol. The molecule has 3 rings (SSSR count). The number of carbonyl (C=O) groups is 1. The number of thiophene rings is 1. The van der Waals surface area contributed by atoms with Crippen molar-refractivity contribution in [2.75, 3.05) is 0 Å². The van der Waals surface area contributed by atoms with Gasteiger partial charge in [0.25, 0.3) is 11.6 Å². The topological polar surface area (TPSA) is 84.6 Å². The van der Waals surface area contributed by atoms with E-state index in [1.54, 1.807) is 0 Å². The third kappa shape index (κ3) is 3.63. The van der Waals surface area contributed by atoms with Gasteiger partial charge < -0.3 is 0 Å². The predicted molar refractivity (Wildman–Crippen MR) is 100 cm³/mol. The van der Waals surface area contributed by atoms with E-state index in [1.165, 1.54) is 35.8 Å².